The van der Waals surface area contributed by atoms with Crippen molar-refractivity contribution in [1.29, 1.82) is 0 Å². The first-order chi connectivity index (χ1) is 11.1. The van der Waals surface area contributed by atoms with Crippen molar-refractivity contribution < 1.29 is 14.7 Å². The highest BCUT2D eigenvalue weighted by molar-refractivity contribution is 5.99. The standard InChI is InChI=1S/C18H22N2O3/c21-17(22)11-20-16-4-2-1-3-15(16)18(23)19-8-7-14-10-12-5-6-13(14)9-12/h1-6,12-14,20H,7-11H2,(H,19,23)(H,21,22)/t12-,13+,14-/m1/s1. The fourth-order valence-electron chi connectivity index (χ4n) is 3.70. The minimum absolute atomic E-state index is 0.155. The average molecular weight is 314 g/mol. The van der Waals surface area contributed by atoms with Crippen LogP contribution in [0.15, 0.2) is 36.4 Å². The van der Waals surface area contributed by atoms with E-state index in [2.05, 4.69) is 22.8 Å². The number of carbonyl (C=O) groups is 2. The van der Waals surface area contributed by atoms with Crippen molar-refractivity contribution >= 4 is 17.6 Å². The van der Waals surface area contributed by atoms with Crippen LogP contribution in [0.2, 0.25) is 0 Å². The Morgan fingerprint density at radius 3 is 2.70 bits per heavy atom. The van der Waals surface area contributed by atoms with Crippen molar-refractivity contribution in [2.75, 3.05) is 18.4 Å². The zero-order valence-electron chi connectivity index (χ0n) is 13.0. The number of hydrogen-bond donors (Lipinski definition) is 3. The molecule has 5 nitrogen and oxygen atoms in total. The van der Waals surface area contributed by atoms with E-state index >= 15 is 0 Å². The van der Waals surface area contributed by atoms with Crippen molar-refractivity contribution in [2.24, 2.45) is 17.8 Å². The molecule has 1 aromatic carbocycles. The molecule has 0 aromatic heterocycles. The summed E-state index contributed by atoms with van der Waals surface area (Å²) in [6.07, 6.45) is 8.17. The summed E-state index contributed by atoms with van der Waals surface area (Å²) in [6, 6.07) is 6.99. The Kier molecular flexibility index (Phi) is 4.65. The van der Waals surface area contributed by atoms with Gasteiger partial charge in [-0.05, 0) is 49.1 Å². The van der Waals surface area contributed by atoms with E-state index in [1.165, 1.54) is 12.8 Å². The second-order valence-corrected chi connectivity index (χ2v) is 6.38. The SMILES string of the molecule is O=C(O)CNc1ccccc1C(=O)NCC[C@@H]1C[C@@H]2C=C[C@H]1C2. The average Bonchev–Trinajstić information content (AvgIpc) is 3.16. The predicted octanol–water partition coefficient (Wildman–Crippen LogP) is 2.52. The third-order valence-corrected chi connectivity index (χ3v) is 4.82. The molecule has 1 saturated carbocycles. The van der Waals surface area contributed by atoms with Crippen LogP contribution in [0.3, 0.4) is 0 Å². The number of nitrogens with one attached hydrogen (secondary N) is 2. The van der Waals surface area contributed by atoms with Crippen molar-refractivity contribution in [3.8, 4) is 0 Å². The molecule has 0 aliphatic heterocycles. The van der Waals surface area contributed by atoms with E-state index in [0.717, 1.165) is 12.3 Å². The van der Waals surface area contributed by atoms with Gasteiger partial charge in [-0.25, -0.2) is 0 Å². The van der Waals surface area contributed by atoms with Gasteiger partial charge in [0.15, 0.2) is 0 Å². The molecule has 0 radical (unpaired) electrons. The molecule has 2 bridgehead atoms. The summed E-state index contributed by atoms with van der Waals surface area (Å²) in [7, 11) is 0. The van der Waals surface area contributed by atoms with Gasteiger partial charge in [0.05, 0.1) is 5.56 Å². The number of carboxylic acid groups (broad SMARTS) is 1. The molecule has 2 aliphatic carbocycles. The highest BCUT2D eigenvalue weighted by Gasteiger charge is 2.34. The van der Waals surface area contributed by atoms with Crippen LogP contribution in [0.1, 0.15) is 29.6 Å². The molecule has 1 aromatic rings. The van der Waals surface area contributed by atoms with Crippen molar-refractivity contribution in [3.05, 3.63) is 42.0 Å². The first-order valence-corrected chi connectivity index (χ1v) is 8.14. The minimum Gasteiger partial charge on any atom is -0.480 e. The molecule has 2 aliphatic rings. The molecule has 1 fully saturated rings. The lowest BCUT2D eigenvalue weighted by Crippen LogP contribution is -2.27. The van der Waals surface area contributed by atoms with E-state index < -0.39 is 5.97 Å². The summed E-state index contributed by atoms with van der Waals surface area (Å²) in [6.45, 7) is 0.454. The van der Waals surface area contributed by atoms with Crippen LogP contribution in [0.4, 0.5) is 5.69 Å². The molecular formula is C18H22N2O3. The monoisotopic (exact) mass is 314 g/mol. The molecule has 1 amide bonds. The minimum atomic E-state index is -0.954. The molecule has 122 valence electrons. The lowest BCUT2D eigenvalue weighted by atomic mass is 9.90. The number of anilines is 1. The van der Waals surface area contributed by atoms with E-state index in [1.54, 1.807) is 24.3 Å². The maximum Gasteiger partial charge on any atom is 0.322 e. The van der Waals surface area contributed by atoms with Crippen molar-refractivity contribution in [1.82, 2.24) is 5.32 Å². The normalized spacial score (nSPS) is 24.6. The first kappa shape index (κ1) is 15.6. The molecule has 3 N–H and O–H groups in total. The summed E-state index contributed by atoms with van der Waals surface area (Å²) in [5.74, 6) is 1.02. The molecule has 0 heterocycles. The first-order valence-electron chi connectivity index (χ1n) is 8.14. The predicted molar refractivity (Wildman–Crippen MR) is 88.4 cm³/mol. The second kappa shape index (κ2) is 6.86. The number of fused-ring (bicyclic) bond motifs is 2. The van der Waals surface area contributed by atoms with E-state index in [4.69, 9.17) is 5.11 Å². The van der Waals surface area contributed by atoms with Gasteiger partial charge in [-0.2, -0.15) is 0 Å². The van der Waals surface area contributed by atoms with E-state index in [0.29, 0.717) is 29.6 Å². The quantitative estimate of drug-likeness (QED) is 0.676. The summed E-state index contributed by atoms with van der Waals surface area (Å²) >= 11 is 0. The Morgan fingerprint density at radius 2 is 2.00 bits per heavy atom. The zero-order chi connectivity index (χ0) is 16.2. The van der Waals surface area contributed by atoms with Gasteiger partial charge in [-0.15, -0.1) is 0 Å². The molecule has 0 spiro atoms. The largest absolute Gasteiger partial charge is 0.480 e. The second-order valence-electron chi connectivity index (χ2n) is 6.38. The van der Waals surface area contributed by atoms with Crippen molar-refractivity contribution in [3.63, 3.8) is 0 Å². The Balaban J connectivity index is 1.52. The van der Waals surface area contributed by atoms with Crippen molar-refractivity contribution in [2.45, 2.75) is 19.3 Å². The lowest BCUT2D eigenvalue weighted by molar-refractivity contribution is -0.134. The summed E-state index contributed by atoms with van der Waals surface area (Å²) in [4.78, 5) is 23.0. The number of amides is 1. The molecular weight excluding hydrogens is 292 g/mol. The zero-order valence-corrected chi connectivity index (χ0v) is 13.0. The van der Waals surface area contributed by atoms with Gasteiger partial charge in [0, 0.05) is 12.2 Å². The van der Waals surface area contributed by atoms with Gasteiger partial charge < -0.3 is 15.7 Å². The van der Waals surface area contributed by atoms with E-state index in [9.17, 15) is 9.59 Å². The highest BCUT2D eigenvalue weighted by atomic mass is 16.4. The van der Waals surface area contributed by atoms with Gasteiger partial charge in [0.2, 0.25) is 0 Å². The van der Waals surface area contributed by atoms with Crippen LogP contribution in [0.25, 0.3) is 0 Å². The number of allylic oxidation sites excluding steroid dienone is 2. The smallest absolute Gasteiger partial charge is 0.322 e. The molecule has 3 rings (SSSR count). The van der Waals surface area contributed by atoms with Gasteiger partial charge in [0.25, 0.3) is 5.91 Å². The van der Waals surface area contributed by atoms with Crippen LogP contribution < -0.4 is 10.6 Å². The van der Waals surface area contributed by atoms with Gasteiger partial charge in [0.1, 0.15) is 6.54 Å². The van der Waals surface area contributed by atoms with Gasteiger partial charge in [-0.3, -0.25) is 9.59 Å². The van der Waals surface area contributed by atoms with Crippen LogP contribution >= 0.6 is 0 Å². The van der Waals surface area contributed by atoms with Gasteiger partial charge in [-0.1, -0.05) is 24.3 Å². The summed E-state index contributed by atoms with van der Waals surface area (Å²) < 4.78 is 0. The lowest BCUT2D eigenvalue weighted by Gasteiger charge is -2.18. The van der Waals surface area contributed by atoms with Crippen LogP contribution in [0, 0.1) is 17.8 Å². The number of aliphatic carboxylic acids is 1. The summed E-state index contributed by atoms with van der Waals surface area (Å²) in [5, 5.41) is 14.5. The third kappa shape index (κ3) is 3.73. The fraction of sp³-hybridized carbons (Fsp3) is 0.444. The third-order valence-electron chi connectivity index (χ3n) is 4.82. The topological polar surface area (TPSA) is 78.4 Å². The maximum absolute atomic E-state index is 12.3. The van der Waals surface area contributed by atoms with Crippen LogP contribution in [0.5, 0.6) is 0 Å². The maximum atomic E-state index is 12.3. The van der Waals surface area contributed by atoms with Crippen LogP contribution in [-0.4, -0.2) is 30.1 Å². The Bertz CT molecular complexity index is 626. The molecule has 0 unspecified atom stereocenters. The molecule has 3 atom stereocenters. The van der Waals surface area contributed by atoms with Crippen LogP contribution in [-0.2, 0) is 4.79 Å². The van der Waals surface area contributed by atoms with E-state index in [1.807, 2.05) is 0 Å². The number of carbonyl (C=O) groups excluding carboxylic acids is 1. The Labute approximate surface area is 135 Å². The number of hydrogen-bond acceptors (Lipinski definition) is 3. The molecule has 23 heavy (non-hydrogen) atoms. The molecule has 5 heteroatoms. The number of para-hydroxylation sites is 1. The molecule has 0 saturated heterocycles. The van der Waals surface area contributed by atoms with E-state index in [-0.39, 0.29) is 12.5 Å². The highest BCUT2D eigenvalue weighted by Crippen LogP contribution is 2.44. The number of benzene rings is 1. The Hall–Kier alpha value is -2.30. The van der Waals surface area contributed by atoms with Gasteiger partial charge >= 0.3 is 5.97 Å². The fourth-order valence-corrected chi connectivity index (χ4v) is 3.70. The number of carboxylic acids is 1. The summed E-state index contributed by atoms with van der Waals surface area (Å²) in [5.41, 5.74) is 1.04. The Morgan fingerprint density at radius 1 is 1.17 bits per heavy atom. The number of rotatable bonds is 7.